The number of hydrogen-bond donors (Lipinski definition) is 1. The van der Waals surface area contributed by atoms with Crippen molar-refractivity contribution in [2.24, 2.45) is 5.92 Å². The molecule has 1 aromatic carbocycles. The van der Waals surface area contributed by atoms with Crippen molar-refractivity contribution in [1.82, 2.24) is 4.90 Å². The van der Waals surface area contributed by atoms with Gasteiger partial charge in [-0.25, -0.2) is 4.79 Å². The fourth-order valence-corrected chi connectivity index (χ4v) is 2.49. The third-order valence-corrected chi connectivity index (χ3v) is 3.71. The zero-order valence-corrected chi connectivity index (χ0v) is 15.1. The molecule has 5 heteroatoms. The third-order valence-electron chi connectivity index (χ3n) is 3.71. The molecule has 0 saturated heterocycles. The van der Waals surface area contributed by atoms with Crippen LogP contribution in [0.15, 0.2) is 24.3 Å². The van der Waals surface area contributed by atoms with Gasteiger partial charge in [0.1, 0.15) is 5.60 Å². The second-order valence-corrected chi connectivity index (χ2v) is 7.40. The molecule has 0 spiro atoms. The first-order valence-electron chi connectivity index (χ1n) is 8.68. The van der Waals surface area contributed by atoms with E-state index in [0.717, 1.165) is 19.5 Å². The summed E-state index contributed by atoms with van der Waals surface area (Å²) in [5.41, 5.74) is 0.607. The molecule has 2 amide bonds. The SMILES string of the molecule is CCCN(CC1CC1)C(=O)c1cccc(NC(=O)OC(C)(C)C)c1. The number of benzene rings is 1. The number of nitrogens with one attached hydrogen (secondary N) is 1. The number of hydrogen-bond acceptors (Lipinski definition) is 3. The average molecular weight is 332 g/mol. The summed E-state index contributed by atoms with van der Waals surface area (Å²) < 4.78 is 5.24. The highest BCUT2D eigenvalue weighted by atomic mass is 16.6. The van der Waals surface area contributed by atoms with Gasteiger partial charge in [-0.05, 0) is 64.2 Å². The second-order valence-electron chi connectivity index (χ2n) is 7.40. The number of rotatable bonds is 6. The predicted octanol–water partition coefficient (Wildman–Crippen LogP) is 4.30. The van der Waals surface area contributed by atoms with Gasteiger partial charge in [0.2, 0.25) is 0 Å². The Kier molecular flexibility index (Phi) is 5.86. The van der Waals surface area contributed by atoms with Crippen LogP contribution in [-0.2, 0) is 4.74 Å². The van der Waals surface area contributed by atoms with Crippen LogP contribution in [0.2, 0.25) is 0 Å². The summed E-state index contributed by atoms with van der Waals surface area (Å²) >= 11 is 0. The first kappa shape index (κ1) is 18.3. The molecule has 0 radical (unpaired) electrons. The summed E-state index contributed by atoms with van der Waals surface area (Å²) in [6.07, 6.45) is 2.85. The maximum atomic E-state index is 12.7. The summed E-state index contributed by atoms with van der Waals surface area (Å²) in [6, 6.07) is 7.03. The Labute approximate surface area is 144 Å². The molecule has 1 aliphatic rings. The lowest BCUT2D eigenvalue weighted by molar-refractivity contribution is 0.0634. The van der Waals surface area contributed by atoms with Gasteiger partial charge >= 0.3 is 6.09 Å². The third kappa shape index (κ3) is 5.87. The van der Waals surface area contributed by atoms with Crippen LogP contribution >= 0.6 is 0 Å². The van der Waals surface area contributed by atoms with E-state index in [9.17, 15) is 9.59 Å². The summed E-state index contributed by atoms with van der Waals surface area (Å²) in [4.78, 5) is 26.5. The van der Waals surface area contributed by atoms with Crippen LogP contribution in [0.5, 0.6) is 0 Å². The summed E-state index contributed by atoms with van der Waals surface area (Å²) in [5.74, 6) is 0.681. The highest BCUT2D eigenvalue weighted by Crippen LogP contribution is 2.30. The fraction of sp³-hybridized carbons (Fsp3) is 0.579. The van der Waals surface area contributed by atoms with Crippen molar-refractivity contribution in [2.75, 3.05) is 18.4 Å². The molecule has 1 fully saturated rings. The van der Waals surface area contributed by atoms with Gasteiger partial charge in [-0.3, -0.25) is 10.1 Å². The molecular weight excluding hydrogens is 304 g/mol. The van der Waals surface area contributed by atoms with Crippen molar-refractivity contribution >= 4 is 17.7 Å². The van der Waals surface area contributed by atoms with Crippen LogP contribution in [0.3, 0.4) is 0 Å². The highest BCUT2D eigenvalue weighted by molar-refractivity contribution is 5.96. The van der Waals surface area contributed by atoms with E-state index in [2.05, 4.69) is 12.2 Å². The maximum absolute atomic E-state index is 12.7. The summed E-state index contributed by atoms with van der Waals surface area (Å²) in [7, 11) is 0. The molecule has 0 aromatic heterocycles. The zero-order valence-electron chi connectivity index (χ0n) is 15.1. The molecule has 1 aromatic rings. The molecule has 0 atom stereocenters. The molecule has 2 rings (SSSR count). The van der Waals surface area contributed by atoms with E-state index in [0.29, 0.717) is 17.2 Å². The van der Waals surface area contributed by atoms with Crippen molar-refractivity contribution in [3.05, 3.63) is 29.8 Å². The standard InChI is InChI=1S/C19H28N2O3/c1-5-11-21(13-14-9-10-14)17(22)15-7-6-8-16(12-15)20-18(23)24-19(2,3)4/h6-8,12,14H,5,9-11,13H2,1-4H3,(H,20,23). The predicted molar refractivity (Wildman–Crippen MR) is 95.2 cm³/mol. The number of amides is 2. The lowest BCUT2D eigenvalue weighted by atomic mass is 10.1. The van der Waals surface area contributed by atoms with Gasteiger partial charge in [0, 0.05) is 24.3 Å². The first-order valence-corrected chi connectivity index (χ1v) is 8.68. The monoisotopic (exact) mass is 332 g/mol. The Balaban J connectivity index is 2.04. The number of anilines is 1. The molecule has 0 bridgehead atoms. The van der Waals surface area contributed by atoms with E-state index < -0.39 is 11.7 Å². The molecular formula is C19H28N2O3. The van der Waals surface area contributed by atoms with E-state index in [4.69, 9.17) is 4.74 Å². The quantitative estimate of drug-likeness (QED) is 0.845. The van der Waals surface area contributed by atoms with Gasteiger partial charge in [-0.1, -0.05) is 13.0 Å². The molecule has 1 N–H and O–H groups in total. The van der Waals surface area contributed by atoms with Gasteiger partial charge in [-0.15, -0.1) is 0 Å². The zero-order chi connectivity index (χ0) is 17.7. The average Bonchev–Trinajstić information content (AvgIpc) is 3.28. The van der Waals surface area contributed by atoms with Crippen molar-refractivity contribution in [3.8, 4) is 0 Å². The van der Waals surface area contributed by atoms with Crippen molar-refractivity contribution in [3.63, 3.8) is 0 Å². The van der Waals surface area contributed by atoms with Crippen molar-refractivity contribution < 1.29 is 14.3 Å². The van der Waals surface area contributed by atoms with Crippen LogP contribution in [-0.4, -0.2) is 35.6 Å². The molecule has 5 nitrogen and oxygen atoms in total. The number of ether oxygens (including phenoxy) is 1. The normalized spacial score (nSPS) is 14.2. The van der Waals surface area contributed by atoms with E-state index in [1.165, 1.54) is 12.8 Å². The van der Waals surface area contributed by atoms with Crippen LogP contribution in [0.4, 0.5) is 10.5 Å². The molecule has 0 heterocycles. The minimum absolute atomic E-state index is 0.0246. The molecule has 1 aliphatic carbocycles. The molecule has 132 valence electrons. The van der Waals surface area contributed by atoms with E-state index in [1.54, 1.807) is 24.3 Å². The van der Waals surface area contributed by atoms with E-state index in [1.807, 2.05) is 25.7 Å². The van der Waals surface area contributed by atoms with Gasteiger partial charge in [0.15, 0.2) is 0 Å². The maximum Gasteiger partial charge on any atom is 0.412 e. The molecule has 1 saturated carbocycles. The minimum atomic E-state index is -0.556. The van der Waals surface area contributed by atoms with Crippen LogP contribution in [0, 0.1) is 5.92 Å². The smallest absolute Gasteiger partial charge is 0.412 e. The van der Waals surface area contributed by atoms with Crippen LogP contribution < -0.4 is 5.32 Å². The van der Waals surface area contributed by atoms with Gasteiger partial charge < -0.3 is 9.64 Å². The van der Waals surface area contributed by atoms with E-state index >= 15 is 0 Å². The Morgan fingerprint density at radius 1 is 1.29 bits per heavy atom. The van der Waals surface area contributed by atoms with Crippen molar-refractivity contribution in [1.29, 1.82) is 0 Å². The van der Waals surface area contributed by atoms with Gasteiger partial charge in [0.05, 0.1) is 0 Å². The summed E-state index contributed by atoms with van der Waals surface area (Å²) in [6.45, 7) is 9.11. The second kappa shape index (κ2) is 7.69. The Hall–Kier alpha value is -2.04. The molecule has 0 unspecified atom stereocenters. The largest absolute Gasteiger partial charge is 0.444 e. The Morgan fingerprint density at radius 2 is 2.00 bits per heavy atom. The van der Waals surface area contributed by atoms with Crippen molar-refractivity contribution in [2.45, 2.75) is 52.6 Å². The number of nitrogens with zero attached hydrogens (tertiary/aromatic N) is 1. The highest BCUT2D eigenvalue weighted by Gasteiger charge is 2.27. The fourth-order valence-electron chi connectivity index (χ4n) is 2.49. The van der Waals surface area contributed by atoms with Gasteiger partial charge in [0.25, 0.3) is 5.91 Å². The van der Waals surface area contributed by atoms with E-state index in [-0.39, 0.29) is 5.91 Å². The van der Waals surface area contributed by atoms with Gasteiger partial charge in [-0.2, -0.15) is 0 Å². The lowest BCUT2D eigenvalue weighted by Crippen LogP contribution is -2.33. The number of carbonyl (C=O) groups excluding carboxylic acids is 2. The Bertz CT molecular complexity index is 589. The summed E-state index contributed by atoms with van der Waals surface area (Å²) in [5, 5.41) is 2.69. The Morgan fingerprint density at radius 3 is 2.58 bits per heavy atom. The van der Waals surface area contributed by atoms with Crippen LogP contribution in [0.1, 0.15) is 57.3 Å². The molecule has 0 aliphatic heterocycles. The minimum Gasteiger partial charge on any atom is -0.444 e. The lowest BCUT2D eigenvalue weighted by Gasteiger charge is -2.22. The topological polar surface area (TPSA) is 58.6 Å². The first-order chi connectivity index (χ1) is 11.3. The number of carbonyl (C=O) groups is 2. The molecule has 24 heavy (non-hydrogen) atoms. The van der Waals surface area contributed by atoms with Crippen LogP contribution in [0.25, 0.3) is 0 Å².